The lowest BCUT2D eigenvalue weighted by molar-refractivity contribution is -0.130. The van der Waals surface area contributed by atoms with Gasteiger partial charge in [-0.2, -0.15) is 5.21 Å². The molecular weight excluding hydrogens is 638 g/mol. The Hall–Kier alpha value is -5.59. The molecule has 4 N–H and O–H groups in total. The second kappa shape index (κ2) is 16.2. The summed E-state index contributed by atoms with van der Waals surface area (Å²) in [7, 11) is 1.35. The summed E-state index contributed by atoms with van der Waals surface area (Å²) in [5, 5.41) is 22.8. The normalized spacial score (nSPS) is 16.5. The molecule has 3 aromatic carbocycles. The Kier molecular flexibility index (Phi) is 11.6. The number of aromatic nitrogens is 4. The minimum Gasteiger partial charge on any atom is -0.465 e. The molecule has 4 aromatic rings. The van der Waals surface area contributed by atoms with E-state index in [-0.39, 0.29) is 30.1 Å². The average Bonchev–Trinajstić information content (AvgIpc) is 3.66. The smallest absolute Gasteiger partial charge is 0.407 e. The fourth-order valence-corrected chi connectivity index (χ4v) is 5.87. The van der Waals surface area contributed by atoms with E-state index < -0.39 is 23.7 Å². The lowest BCUT2D eigenvalue weighted by atomic mass is 9.81. The van der Waals surface area contributed by atoms with Gasteiger partial charge in [0.15, 0.2) is 0 Å². The van der Waals surface area contributed by atoms with Gasteiger partial charge in [0.05, 0.1) is 12.7 Å². The third kappa shape index (κ3) is 9.97. The zero-order valence-corrected chi connectivity index (χ0v) is 28.7. The first-order valence-electron chi connectivity index (χ1n) is 16.7. The van der Waals surface area contributed by atoms with Crippen LogP contribution in [0.3, 0.4) is 0 Å². The molecule has 1 atom stereocenters. The monoisotopic (exact) mass is 681 g/mol. The number of benzene rings is 3. The van der Waals surface area contributed by atoms with Crippen molar-refractivity contribution in [1.82, 2.24) is 31.3 Å². The number of anilines is 1. The number of methoxy groups -OCH3 is 1. The highest BCUT2D eigenvalue weighted by atomic mass is 16.6. The van der Waals surface area contributed by atoms with Crippen LogP contribution < -0.4 is 16.0 Å². The summed E-state index contributed by atoms with van der Waals surface area (Å²) in [4.78, 5) is 51.2. The van der Waals surface area contributed by atoms with Crippen molar-refractivity contribution in [1.29, 1.82) is 0 Å². The summed E-state index contributed by atoms with van der Waals surface area (Å²) in [5.74, 6) is -0.471. The van der Waals surface area contributed by atoms with Gasteiger partial charge in [-0.25, -0.2) is 9.59 Å². The SMILES string of the molecule is COC(=O)c1ccc(-c2ccc(CC(NC(=O)C3CCC(CNC(=O)OC(C)(C)C)CC3)C(=O)Nc3ccc(-c4nn[nH]n4)cc3)cc2)cc1. The number of amides is 3. The van der Waals surface area contributed by atoms with Gasteiger partial charge < -0.3 is 25.4 Å². The molecule has 50 heavy (non-hydrogen) atoms. The van der Waals surface area contributed by atoms with Crippen molar-refractivity contribution in [3.8, 4) is 22.5 Å². The summed E-state index contributed by atoms with van der Waals surface area (Å²) in [6.07, 6.45) is 2.69. The molecule has 262 valence electrons. The van der Waals surface area contributed by atoms with Crippen LogP contribution in [0.5, 0.6) is 0 Å². The number of nitrogens with zero attached hydrogens (tertiary/aromatic N) is 3. The Morgan fingerprint density at radius 2 is 1.48 bits per heavy atom. The minimum absolute atomic E-state index is 0.168. The highest BCUT2D eigenvalue weighted by Crippen LogP contribution is 2.29. The van der Waals surface area contributed by atoms with E-state index in [0.29, 0.717) is 36.5 Å². The fourth-order valence-electron chi connectivity index (χ4n) is 5.87. The minimum atomic E-state index is -0.837. The Bertz CT molecular complexity index is 1740. The maximum Gasteiger partial charge on any atom is 0.407 e. The summed E-state index contributed by atoms with van der Waals surface area (Å²) in [5.41, 5.74) is 3.92. The Morgan fingerprint density at radius 3 is 2.06 bits per heavy atom. The van der Waals surface area contributed by atoms with Crippen LogP contribution in [-0.2, 0) is 25.5 Å². The molecule has 0 aliphatic heterocycles. The van der Waals surface area contributed by atoms with Crippen LogP contribution in [0.1, 0.15) is 62.4 Å². The van der Waals surface area contributed by atoms with Crippen molar-refractivity contribution in [2.75, 3.05) is 19.0 Å². The predicted molar refractivity (Wildman–Crippen MR) is 187 cm³/mol. The number of aromatic amines is 1. The number of hydrogen-bond acceptors (Lipinski definition) is 9. The molecule has 3 amide bonds. The van der Waals surface area contributed by atoms with Gasteiger partial charge in [0.1, 0.15) is 11.6 Å². The Morgan fingerprint density at radius 1 is 0.860 bits per heavy atom. The molecule has 1 unspecified atom stereocenters. The van der Waals surface area contributed by atoms with E-state index in [1.165, 1.54) is 7.11 Å². The van der Waals surface area contributed by atoms with Crippen LogP contribution >= 0.6 is 0 Å². The maximum absolute atomic E-state index is 13.7. The molecule has 0 radical (unpaired) electrons. The number of esters is 1. The van der Waals surface area contributed by atoms with E-state index in [1.54, 1.807) is 36.4 Å². The summed E-state index contributed by atoms with van der Waals surface area (Å²) < 4.78 is 10.1. The third-order valence-corrected chi connectivity index (χ3v) is 8.57. The number of ether oxygens (including phenoxy) is 2. The maximum atomic E-state index is 13.7. The standard InChI is InChI=1S/C37H43N7O6/c1-37(2,3)50-36(48)38-22-24-7-11-28(12-8-24)33(45)40-31(34(46)39-30-19-17-27(18-20-30)32-41-43-44-42-32)21-23-5-9-25(10-6-23)26-13-15-29(16-14-26)35(47)49-4/h5-6,9-10,13-20,24,28,31H,7-8,11-12,21-22H2,1-4H3,(H,38,48)(H,39,46)(H,40,45)(H,41,42,43,44). The first-order chi connectivity index (χ1) is 24.0. The lowest BCUT2D eigenvalue weighted by Gasteiger charge is -2.29. The van der Waals surface area contributed by atoms with Crippen LogP contribution in [0.4, 0.5) is 10.5 Å². The van der Waals surface area contributed by atoms with Crippen molar-refractivity contribution in [3.05, 3.63) is 83.9 Å². The van der Waals surface area contributed by atoms with Gasteiger partial charge in [-0.15, -0.1) is 10.2 Å². The topological polar surface area (TPSA) is 177 Å². The molecule has 1 fully saturated rings. The zero-order valence-electron chi connectivity index (χ0n) is 28.7. The van der Waals surface area contributed by atoms with Gasteiger partial charge in [0.25, 0.3) is 0 Å². The molecule has 0 saturated heterocycles. The summed E-state index contributed by atoms with van der Waals surface area (Å²) in [6, 6.07) is 21.1. The number of H-pyrrole nitrogens is 1. The lowest BCUT2D eigenvalue weighted by Crippen LogP contribution is -2.48. The molecule has 1 aromatic heterocycles. The van der Waals surface area contributed by atoms with Crippen LogP contribution in [0.2, 0.25) is 0 Å². The third-order valence-electron chi connectivity index (χ3n) is 8.57. The Balaban J connectivity index is 1.23. The first-order valence-corrected chi connectivity index (χ1v) is 16.7. The van der Waals surface area contributed by atoms with Gasteiger partial charge in [0.2, 0.25) is 17.6 Å². The zero-order chi connectivity index (χ0) is 35.7. The van der Waals surface area contributed by atoms with E-state index >= 15 is 0 Å². The van der Waals surface area contributed by atoms with Crippen LogP contribution in [0, 0.1) is 11.8 Å². The largest absolute Gasteiger partial charge is 0.465 e. The molecule has 1 heterocycles. The number of nitrogens with one attached hydrogen (secondary N) is 4. The van der Waals surface area contributed by atoms with E-state index in [1.807, 2.05) is 57.2 Å². The van der Waals surface area contributed by atoms with Crippen LogP contribution in [-0.4, -0.2) is 69.8 Å². The van der Waals surface area contributed by atoms with Crippen molar-refractivity contribution >= 4 is 29.6 Å². The second-order valence-electron chi connectivity index (χ2n) is 13.4. The molecular formula is C37H43N7O6. The van der Waals surface area contributed by atoms with Crippen molar-refractivity contribution < 1.29 is 28.7 Å². The number of carbonyl (C=O) groups excluding carboxylic acids is 4. The number of rotatable bonds is 11. The quantitative estimate of drug-likeness (QED) is 0.153. The van der Waals surface area contributed by atoms with Crippen molar-refractivity contribution in [3.63, 3.8) is 0 Å². The van der Waals surface area contributed by atoms with Crippen LogP contribution in [0.15, 0.2) is 72.8 Å². The number of alkyl carbamates (subject to hydrolysis) is 1. The van der Waals surface area contributed by atoms with Crippen molar-refractivity contribution in [2.24, 2.45) is 11.8 Å². The Labute approximate surface area is 290 Å². The van der Waals surface area contributed by atoms with E-state index in [2.05, 4.69) is 36.6 Å². The predicted octanol–water partition coefficient (Wildman–Crippen LogP) is 5.32. The number of tetrazole rings is 1. The van der Waals surface area contributed by atoms with Crippen LogP contribution in [0.25, 0.3) is 22.5 Å². The van der Waals surface area contributed by atoms with Gasteiger partial charge in [-0.1, -0.05) is 36.4 Å². The number of hydrogen-bond donors (Lipinski definition) is 4. The van der Waals surface area contributed by atoms with Gasteiger partial charge in [0, 0.05) is 30.1 Å². The first kappa shape index (κ1) is 35.7. The molecule has 0 spiro atoms. The molecule has 13 heteroatoms. The highest BCUT2D eigenvalue weighted by Gasteiger charge is 2.30. The highest BCUT2D eigenvalue weighted by molar-refractivity contribution is 5.98. The molecule has 5 rings (SSSR count). The average molecular weight is 682 g/mol. The summed E-state index contributed by atoms with van der Waals surface area (Å²) >= 11 is 0. The number of carbonyl (C=O) groups is 4. The summed E-state index contributed by atoms with van der Waals surface area (Å²) in [6.45, 7) is 5.95. The molecule has 0 bridgehead atoms. The second-order valence-corrected chi connectivity index (χ2v) is 13.4. The molecule has 13 nitrogen and oxygen atoms in total. The molecule has 1 saturated carbocycles. The fraction of sp³-hybridized carbons (Fsp3) is 0.378. The van der Waals surface area contributed by atoms with Gasteiger partial charge >= 0.3 is 12.1 Å². The van der Waals surface area contributed by atoms with Gasteiger partial charge in [-0.05, 0) is 111 Å². The van der Waals surface area contributed by atoms with E-state index in [9.17, 15) is 19.2 Å². The van der Waals surface area contributed by atoms with E-state index in [0.717, 1.165) is 35.1 Å². The van der Waals surface area contributed by atoms with E-state index in [4.69, 9.17) is 9.47 Å². The van der Waals surface area contributed by atoms with Gasteiger partial charge in [-0.3, -0.25) is 9.59 Å². The molecule has 1 aliphatic carbocycles. The van der Waals surface area contributed by atoms with Crippen molar-refractivity contribution in [2.45, 2.75) is 64.5 Å². The molecule has 1 aliphatic rings.